The van der Waals surface area contributed by atoms with Gasteiger partial charge in [0, 0.05) is 67.7 Å². The predicted octanol–water partition coefficient (Wildman–Crippen LogP) is 6.15. The fourth-order valence-electron chi connectivity index (χ4n) is 4.94. The molecule has 1 aromatic heterocycles. The van der Waals surface area contributed by atoms with Crippen LogP contribution in [-0.4, -0.2) is 71.3 Å². The summed E-state index contributed by atoms with van der Waals surface area (Å²) in [4.78, 5) is 42.6. The number of rotatable bonds is 11. The lowest BCUT2D eigenvalue weighted by Gasteiger charge is -2.36. The molecule has 9 heteroatoms. The molecule has 0 radical (unpaired) electrons. The number of fused-ring (bicyclic) bond motifs is 1. The molecule has 8 nitrogen and oxygen atoms in total. The quantitative estimate of drug-likeness (QED) is 0.165. The summed E-state index contributed by atoms with van der Waals surface area (Å²) in [6.45, 7) is 8.68. The van der Waals surface area contributed by atoms with Crippen molar-refractivity contribution in [3.63, 3.8) is 0 Å². The topological polar surface area (TPSA) is 99.0 Å². The van der Waals surface area contributed by atoms with Crippen LogP contribution in [0.1, 0.15) is 53.5 Å². The maximum Gasteiger partial charge on any atom is 0.303 e. The normalized spacial score (nSPS) is 14.3. The summed E-state index contributed by atoms with van der Waals surface area (Å²) in [6, 6.07) is 13.6. The molecule has 0 aliphatic carbocycles. The van der Waals surface area contributed by atoms with Crippen molar-refractivity contribution in [3.8, 4) is 0 Å². The number of benzene rings is 2. The molecule has 2 aromatic carbocycles. The highest BCUT2D eigenvalue weighted by atomic mass is 35.5. The number of unbranched alkanes of at least 4 members (excludes halogenated alkanes) is 1. The van der Waals surface area contributed by atoms with Crippen LogP contribution in [0.2, 0.25) is 0 Å². The number of anilines is 1. The lowest BCUT2D eigenvalue weighted by atomic mass is 10.0. The minimum atomic E-state index is -0.823. The van der Waals surface area contributed by atoms with Crippen LogP contribution < -0.4 is 4.90 Å². The fourth-order valence-corrected chi connectivity index (χ4v) is 5.00. The maximum absolute atomic E-state index is 13.5. The molecule has 1 saturated heterocycles. The largest absolute Gasteiger partial charge is 0.481 e. The van der Waals surface area contributed by atoms with E-state index in [1.807, 2.05) is 42.3 Å². The number of nitrogens with zero attached hydrogens (tertiary/aromatic N) is 5. The minimum Gasteiger partial charge on any atom is -0.481 e. The molecule has 2 heterocycles. The summed E-state index contributed by atoms with van der Waals surface area (Å²) in [5.74, 6) is -0.863. The van der Waals surface area contributed by atoms with Gasteiger partial charge in [0.25, 0.3) is 5.91 Å². The first kappa shape index (κ1) is 30.7. The minimum absolute atomic E-state index is 0.0396. The number of piperazine rings is 1. The number of aliphatic carboxylic acids is 1. The van der Waals surface area contributed by atoms with Gasteiger partial charge in [-0.3, -0.25) is 14.6 Å². The number of aryl methyl sites for hydroxylation is 1. The van der Waals surface area contributed by atoms with Gasteiger partial charge < -0.3 is 14.9 Å². The molecule has 1 amide bonds. The van der Waals surface area contributed by atoms with E-state index in [0.717, 1.165) is 24.3 Å². The molecule has 218 valence electrons. The maximum atomic E-state index is 13.5. The van der Waals surface area contributed by atoms with Crippen molar-refractivity contribution in [2.24, 2.45) is 4.99 Å². The second-order valence-corrected chi connectivity index (χ2v) is 10.5. The first-order valence-corrected chi connectivity index (χ1v) is 14.5. The number of amides is 1. The van der Waals surface area contributed by atoms with Gasteiger partial charge in [-0.2, -0.15) is 0 Å². The Hall–Kier alpha value is -4.30. The molecule has 1 fully saturated rings. The molecule has 1 aliphatic heterocycles. The van der Waals surface area contributed by atoms with Gasteiger partial charge in [0.05, 0.1) is 22.4 Å². The third kappa shape index (κ3) is 7.70. The Morgan fingerprint density at radius 3 is 2.52 bits per heavy atom. The van der Waals surface area contributed by atoms with Gasteiger partial charge in [-0.1, -0.05) is 48.5 Å². The van der Waals surface area contributed by atoms with Crippen molar-refractivity contribution in [3.05, 3.63) is 94.8 Å². The van der Waals surface area contributed by atoms with E-state index in [1.165, 1.54) is 0 Å². The van der Waals surface area contributed by atoms with Crippen LogP contribution in [0.15, 0.2) is 77.3 Å². The van der Waals surface area contributed by atoms with E-state index >= 15 is 0 Å². The van der Waals surface area contributed by atoms with E-state index in [4.69, 9.17) is 26.7 Å². The predicted molar refractivity (Wildman–Crippen MR) is 171 cm³/mol. The third-order valence-corrected chi connectivity index (χ3v) is 7.52. The van der Waals surface area contributed by atoms with Crippen molar-refractivity contribution in [1.82, 2.24) is 14.9 Å². The molecule has 1 N–H and O–H groups in total. The average Bonchev–Trinajstić information content (AvgIpc) is 3.01. The SMILES string of the molecule is C=C(/C=C\C(Cl)=C/C)c1nc2ccc(C(=O)N3CCN(c4ccccc4/C=N/C)CC3)cc2nc1CCCCC(=O)O. The summed E-state index contributed by atoms with van der Waals surface area (Å²) in [5, 5.41) is 9.60. The Balaban J connectivity index is 1.54. The summed E-state index contributed by atoms with van der Waals surface area (Å²) in [5.41, 5.74) is 6.02. The molecular formula is C33H36ClN5O3. The second-order valence-electron chi connectivity index (χ2n) is 10.1. The van der Waals surface area contributed by atoms with E-state index in [2.05, 4.69) is 22.5 Å². The van der Waals surface area contributed by atoms with E-state index < -0.39 is 5.97 Å². The lowest BCUT2D eigenvalue weighted by Crippen LogP contribution is -2.49. The number of halogens is 1. The van der Waals surface area contributed by atoms with Gasteiger partial charge in [-0.05, 0) is 62.1 Å². The van der Waals surface area contributed by atoms with Gasteiger partial charge in [-0.25, -0.2) is 9.97 Å². The Morgan fingerprint density at radius 1 is 1.05 bits per heavy atom. The molecular weight excluding hydrogens is 550 g/mol. The molecule has 1 aliphatic rings. The molecule has 0 bridgehead atoms. The van der Waals surface area contributed by atoms with Crippen molar-refractivity contribution < 1.29 is 14.7 Å². The van der Waals surface area contributed by atoms with Crippen molar-refractivity contribution in [1.29, 1.82) is 0 Å². The van der Waals surface area contributed by atoms with Gasteiger partial charge in [0.2, 0.25) is 0 Å². The van der Waals surface area contributed by atoms with Gasteiger partial charge >= 0.3 is 5.97 Å². The number of allylic oxidation sites excluding steroid dienone is 5. The fraction of sp³-hybridized carbons (Fsp3) is 0.303. The van der Waals surface area contributed by atoms with Gasteiger partial charge in [-0.15, -0.1) is 0 Å². The molecule has 0 spiro atoms. The number of carbonyl (C=O) groups is 2. The summed E-state index contributed by atoms with van der Waals surface area (Å²) in [6.07, 6.45) is 8.99. The smallest absolute Gasteiger partial charge is 0.303 e. The van der Waals surface area contributed by atoms with Crippen LogP contribution in [0.4, 0.5) is 5.69 Å². The number of aliphatic imine (C=N–C) groups is 1. The Labute approximate surface area is 251 Å². The van der Waals surface area contributed by atoms with Crippen LogP contribution in [-0.2, 0) is 11.2 Å². The first-order chi connectivity index (χ1) is 20.3. The highest BCUT2D eigenvalue weighted by Gasteiger charge is 2.24. The molecule has 0 atom stereocenters. The summed E-state index contributed by atoms with van der Waals surface area (Å²) < 4.78 is 0. The summed E-state index contributed by atoms with van der Waals surface area (Å²) in [7, 11) is 1.76. The molecule has 0 saturated carbocycles. The van der Waals surface area contributed by atoms with E-state index in [1.54, 1.807) is 37.4 Å². The molecule has 42 heavy (non-hydrogen) atoms. The highest BCUT2D eigenvalue weighted by molar-refractivity contribution is 6.31. The molecule has 0 unspecified atom stereocenters. The number of para-hydroxylation sites is 1. The average molecular weight is 586 g/mol. The van der Waals surface area contributed by atoms with Crippen LogP contribution in [0.3, 0.4) is 0 Å². The van der Waals surface area contributed by atoms with Crippen LogP contribution in [0.5, 0.6) is 0 Å². The Bertz CT molecular complexity index is 1550. The van der Waals surface area contributed by atoms with Crippen molar-refractivity contribution >= 4 is 52.0 Å². The zero-order chi connectivity index (χ0) is 30.1. The number of aromatic nitrogens is 2. The number of carboxylic acid groups (broad SMARTS) is 1. The number of carboxylic acids is 1. The van der Waals surface area contributed by atoms with E-state index in [0.29, 0.717) is 70.9 Å². The Kier molecular flexibility index (Phi) is 10.6. The van der Waals surface area contributed by atoms with Crippen molar-refractivity contribution in [2.75, 3.05) is 38.1 Å². The highest BCUT2D eigenvalue weighted by Crippen LogP contribution is 2.25. The molecule has 3 aromatic rings. The van der Waals surface area contributed by atoms with E-state index in [-0.39, 0.29) is 12.3 Å². The van der Waals surface area contributed by atoms with Gasteiger partial charge in [0.1, 0.15) is 0 Å². The second kappa shape index (κ2) is 14.5. The number of carbonyl (C=O) groups excluding carboxylic acids is 1. The standard InChI is InChI=1S/C33H36ClN5O3/c1-4-26(34)15-13-23(2)32-28(10-6-8-12-31(40)41)36-29-21-24(14-16-27(29)37-32)33(42)39-19-17-38(18-20-39)30-11-7-5-9-25(30)22-35-3/h4-5,7,9,11,13-16,21-22H,2,6,8,10,12,17-20H2,1,3H3,(H,40,41)/b15-13-,26-4+,35-22+. The van der Waals surface area contributed by atoms with Gasteiger partial charge in [0.15, 0.2) is 0 Å². The lowest BCUT2D eigenvalue weighted by molar-refractivity contribution is -0.137. The van der Waals surface area contributed by atoms with Crippen LogP contribution in [0, 0.1) is 0 Å². The van der Waals surface area contributed by atoms with Crippen LogP contribution >= 0.6 is 11.6 Å². The Morgan fingerprint density at radius 2 is 1.81 bits per heavy atom. The summed E-state index contributed by atoms with van der Waals surface area (Å²) >= 11 is 6.13. The monoisotopic (exact) mass is 585 g/mol. The van der Waals surface area contributed by atoms with Crippen molar-refractivity contribution in [2.45, 2.75) is 32.6 Å². The zero-order valence-electron chi connectivity index (χ0n) is 24.1. The molecule has 4 rings (SSSR count). The third-order valence-electron chi connectivity index (χ3n) is 7.17. The van der Waals surface area contributed by atoms with E-state index in [9.17, 15) is 9.59 Å². The number of hydrogen-bond donors (Lipinski definition) is 1. The van der Waals surface area contributed by atoms with Crippen LogP contribution in [0.25, 0.3) is 16.6 Å². The first-order valence-electron chi connectivity index (χ1n) is 14.1. The zero-order valence-corrected chi connectivity index (χ0v) is 24.8. The number of hydrogen-bond acceptors (Lipinski definition) is 6.